The molecule has 0 spiro atoms. The van der Waals surface area contributed by atoms with Crippen LogP contribution in [0.3, 0.4) is 0 Å². The van der Waals surface area contributed by atoms with Crippen LogP contribution in [0.4, 0.5) is 49.4 Å². The second-order valence-corrected chi connectivity index (χ2v) is 12.9. The number of benzene rings is 3. The summed E-state index contributed by atoms with van der Waals surface area (Å²) in [4.78, 5) is 19.4. The van der Waals surface area contributed by atoms with Crippen LogP contribution < -0.4 is 26.6 Å². The summed E-state index contributed by atoms with van der Waals surface area (Å²) in [6.45, 7) is 0.124. The molecular formula is C32H32Cl3F6N7O. The first-order valence-electron chi connectivity index (χ1n) is 15.2. The highest BCUT2D eigenvalue weighted by Crippen LogP contribution is 2.39. The largest absolute Gasteiger partial charge is 0.399 e. The monoisotopic (exact) mass is 749 g/mol. The summed E-state index contributed by atoms with van der Waals surface area (Å²) in [5.74, 6) is -2.01. The average Bonchev–Trinajstić information content (AvgIpc) is 3.33. The Hall–Kier alpha value is -3.59. The molecule has 8 nitrogen and oxygen atoms in total. The van der Waals surface area contributed by atoms with Gasteiger partial charge in [0.15, 0.2) is 0 Å². The molecule has 4 aromatic rings. The van der Waals surface area contributed by atoms with Crippen molar-refractivity contribution < 1.29 is 31.1 Å². The fourth-order valence-corrected chi connectivity index (χ4v) is 6.43. The minimum Gasteiger partial charge on any atom is -0.399 e. The first-order valence-corrected chi connectivity index (χ1v) is 16.3. The molecule has 1 amide bonds. The van der Waals surface area contributed by atoms with E-state index in [1.807, 2.05) is 6.07 Å². The predicted octanol–water partition coefficient (Wildman–Crippen LogP) is 8.61. The van der Waals surface area contributed by atoms with Crippen LogP contribution in [-0.2, 0) is 20.1 Å². The van der Waals surface area contributed by atoms with E-state index in [9.17, 15) is 31.1 Å². The van der Waals surface area contributed by atoms with Crippen molar-refractivity contribution >= 4 is 74.8 Å². The van der Waals surface area contributed by atoms with Gasteiger partial charge in [-0.25, -0.2) is 4.98 Å². The predicted molar refractivity (Wildman–Crippen MR) is 181 cm³/mol. The van der Waals surface area contributed by atoms with Gasteiger partial charge in [0, 0.05) is 50.5 Å². The molecule has 0 aliphatic carbocycles. The maximum Gasteiger partial charge on any atom is 0.391 e. The second-order valence-electron chi connectivity index (χ2n) is 11.8. The minimum absolute atomic E-state index is 0.00193. The third-order valence-electron chi connectivity index (χ3n) is 8.35. The van der Waals surface area contributed by atoms with Crippen molar-refractivity contribution in [3.8, 4) is 0 Å². The van der Waals surface area contributed by atoms with Gasteiger partial charge in [0.05, 0.1) is 50.4 Å². The number of piperidine rings is 1. The van der Waals surface area contributed by atoms with Crippen molar-refractivity contribution in [1.29, 1.82) is 0 Å². The van der Waals surface area contributed by atoms with Gasteiger partial charge in [-0.05, 0) is 54.3 Å². The number of nitrogen functional groups attached to an aromatic ring is 1. The Balaban J connectivity index is 1.42. The van der Waals surface area contributed by atoms with Crippen LogP contribution in [0.25, 0.3) is 11.0 Å². The Morgan fingerprint density at radius 1 is 0.959 bits per heavy atom. The Labute approximate surface area is 292 Å². The summed E-state index contributed by atoms with van der Waals surface area (Å²) in [5, 5.41) is 9.83. The Morgan fingerprint density at radius 2 is 1.63 bits per heavy atom. The van der Waals surface area contributed by atoms with E-state index in [1.54, 1.807) is 46.8 Å². The van der Waals surface area contributed by atoms with Gasteiger partial charge in [-0.15, -0.1) is 0 Å². The van der Waals surface area contributed by atoms with Crippen molar-refractivity contribution in [3.05, 3.63) is 74.2 Å². The standard InChI is InChI=1S/C32H32Cl3F6N7O/c1-47-26-14-25(48-10-6-19(7-11-48)32(39,40)41)21(29(49)44-9-8-31(36,37)38)13-24(26)45-30(47)46-28-22(33)5-3-18(27(28)35)16-43-15-17-2-4-20(42)12-23(17)34/h2-5,12-14,19,43H,6-11,15-16,42H2,1H3,(H,44,49)(H,45,46). The summed E-state index contributed by atoms with van der Waals surface area (Å²) in [7, 11) is 1.68. The van der Waals surface area contributed by atoms with E-state index in [-0.39, 0.29) is 43.1 Å². The van der Waals surface area contributed by atoms with Gasteiger partial charge < -0.3 is 31.2 Å². The number of alkyl halides is 6. The number of aryl methyl sites for hydroxylation is 1. The number of nitrogens with two attached hydrogens (primary N) is 1. The number of fused-ring (bicyclic) bond motifs is 1. The van der Waals surface area contributed by atoms with Gasteiger partial charge in [0.25, 0.3) is 5.91 Å². The SMILES string of the molecule is Cn1c(Nc2c(Cl)ccc(CNCc3ccc(N)cc3Cl)c2Cl)nc2cc(C(=O)NCCC(F)(F)F)c(N3CCC(C(F)(F)F)CC3)cc21. The van der Waals surface area contributed by atoms with Crippen LogP contribution in [0.15, 0.2) is 42.5 Å². The molecule has 0 radical (unpaired) electrons. The molecule has 2 heterocycles. The molecule has 1 aliphatic rings. The van der Waals surface area contributed by atoms with Gasteiger partial charge >= 0.3 is 12.4 Å². The summed E-state index contributed by atoms with van der Waals surface area (Å²) in [6, 6.07) is 11.7. The second kappa shape index (κ2) is 14.7. The maximum absolute atomic E-state index is 13.4. The van der Waals surface area contributed by atoms with Crippen LogP contribution in [0.2, 0.25) is 15.1 Å². The highest BCUT2D eigenvalue weighted by Gasteiger charge is 2.41. The van der Waals surface area contributed by atoms with E-state index < -0.39 is 37.1 Å². The van der Waals surface area contributed by atoms with E-state index >= 15 is 0 Å². The zero-order chi connectivity index (χ0) is 35.7. The van der Waals surface area contributed by atoms with Crippen LogP contribution in [0, 0.1) is 5.92 Å². The fourth-order valence-electron chi connectivity index (χ4n) is 5.64. The van der Waals surface area contributed by atoms with E-state index in [0.29, 0.717) is 56.1 Å². The zero-order valence-electron chi connectivity index (χ0n) is 26.0. The third-order valence-corrected chi connectivity index (χ3v) is 9.45. The molecule has 1 aromatic heterocycles. The molecular weight excluding hydrogens is 719 g/mol. The van der Waals surface area contributed by atoms with Crippen molar-refractivity contribution in [1.82, 2.24) is 20.2 Å². The summed E-state index contributed by atoms with van der Waals surface area (Å²) in [6.07, 6.45) is -10.5. The quantitative estimate of drug-likeness (QED) is 0.0958. The summed E-state index contributed by atoms with van der Waals surface area (Å²) < 4.78 is 80.1. The van der Waals surface area contributed by atoms with Crippen molar-refractivity contribution in [2.45, 2.75) is 44.7 Å². The topological polar surface area (TPSA) is 100 Å². The maximum atomic E-state index is 13.4. The molecule has 264 valence electrons. The summed E-state index contributed by atoms with van der Waals surface area (Å²) >= 11 is 19.6. The summed E-state index contributed by atoms with van der Waals surface area (Å²) in [5.41, 5.74) is 9.33. The molecule has 0 unspecified atom stereocenters. The van der Waals surface area contributed by atoms with E-state index in [0.717, 1.165) is 5.56 Å². The van der Waals surface area contributed by atoms with Gasteiger partial charge in [0.1, 0.15) is 0 Å². The number of carbonyl (C=O) groups is 1. The molecule has 17 heteroatoms. The Kier molecular flexibility index (Phi) is 11.0. The van der Waals surface area contributed by atoms with E-state index in [4.69, 9.17) is 40.5 Å². The number of hydrogen-bond acceptors (Lipinski definition) is 6. The lowest BCUT2D eigenvalue weighted by Crippen LogP contribution is -2.40. The van der Waals surface area contributed by atoms with Gasteiger partial charge in [-0.1, -0.05) is 46.9 Å². The lowest BCUT2D eigenvalue weighted by atomic mass is 9.95. The number of imidazole rings is 1. The van der Waals surface area contributed by atoms with Crippen molar-refractivity contribution in [2.75, 3.05) is 35.6 Å². The van der Waals surface area contributed by atoms with Gasteiger partial charge in [0.2, 0.25) is 5.95 Å². The lowest BCUT2D eigenvalue weighted by Gasteiger charge is -2.35. The van der Waals surface area contributed by atoms with E-state index in [1.165, 1.54) is 6.07 Å². The number of rotatable bonds is 10. The number of anilines is 4. The first kappa shape index (κ1) is 36.7. The molecule has 49 heavy (non-hydrogen) atoms. The van der Waals surface area contributed by atoms with Gasteiger partial charge in [-0.2, -0.15) is 26.3 Å². The first-order chi connectivity index (χ1) is 23.0. The minimum atomic E-state index is -4.48. The van der Waals surface area contributed by atoms with Crippen LogP contribution in [0.5, 0.6) is 0 Å². The molecule has 1 aliphatic heterocycles. The smallest absolute Gasteiger partial charge is 0.391 e. The molecule has 0 saturated carbocycles. The van der Waals surface area contributed by atoms with Crippen LogP contribution in [0.1, 0.15) is 40.7 Å². The average molecular weight is 751 g/mol. The number of aromatic nitrogens is 2. The molecule has 1 fully saturated rings. The van der Waals surface area contributed by atoms with Crippen molar-refractivity contribution in [2.24, 2.45) is 13.0 Å². The molecule has 5 N–H and O–H groups in total. The third kappa shape index (κ3) is 8.77. The number of hydrogen-bond donors (Lipinski definition) is 4. The zero-order valence-corrected chi connectivity index (χ0v) is 28.3. The van der Waals surface area contributed by atoms with E-state index in [2.05, 4.69) is 20.9 Å². The lowest BCUT2D eigenvalue weighted by molar-refractivity contribution is -0.179. The Bertz CT molecular complexity index is 1840. The molecule has 3 aromatic carbocycles. The van der Waals surface area contributed by atoms with Crippen molar-refractivity contribution in [3.63, 3.8) is 0 Å². The number of amides is 1. The number of halogens is 9. The fraction of sp³-hybridized carbons (Fsp3) is 0.375. The highest BCUT2D eigenvalue weighted by molar-refractivity contribution is 6.39. The highest BCUT2D eigenvalue weighted by atomic mass is 35.5. The molecule has 5 rings (SSSR count). The number of carbonyl (C=O) groups excluding carboxylic acids is 1. The molecule has 0 atom stereocenters. The number of nitrogens with one attached hydrogen (secondary N) is 3. The molecule has 1 saturated heterocycles. The van der Waals surface area contributed by atoms with Gasteiger partial charge in [-0.3, -0.25) is 4.79 Å². The number of nitrogens with zero attached hydrogens (tertiary/aromatic N) is 3. The van der Waals surface area contributed by atoms with Crippen LogP contribution in [-0.4, -0.2) is 47.4 Å². The Morgan fingerprint density at radius 3 is 2.29 bits per heavy atom. The molecule has 0 bridgehead atoms. The normalized spacial score (nSPS) is 14.4. The van der Waals surface area contributed by atoms with Crippen LogP contribution >= 0.6 is 34.8 Å².